The Labute approximate surface area is 103 Å². The van der Waals surface area contributed by atoms with E-state index < -0.39 is 0 Å². The molecule has 0 radical (unpaired) electrons. The molecule has 4 nitrogen and oxygen atoms in total. The summed E-state index contributed by atoms with van der Waals surface area (Å²) in [6, 6.07) is 5.67. The lowest BCUT2D eigenvalue weighted by atomic mass is 10.0. The van der Waals surface area contributed by atoms with Gasteiger partial charge in [0.2, 0.25) is 0 Å². The van der Waals surface area contributed by atoms with Crippen molar-refractivity contribution in [3.05, 3.63) is 23.8 Å². The molecule has 0 heterocycles. The minimum atomic E-state index is -0.252. The normalized spacial score (nSPS) is 11.9. The van der Waals surface area contributed by atoms with Crippen LogP contribution in [0.3, 0.4) is 0 Å². The van der Waals surface area contributed by atoms with Crippen molar-refractivity contribution in [3.8, 4) is 5.75 Å². The monoisotopic (exact) mass is 238 g/mol. The number of nitrogen functional groups attached to an aromatic ring is 1. The Balaban J connectivity index is 2.84. The van der Waals surface area contributed by atoms with Crippen molar-refractivity contribution in [2.45, 2.75) is 25.9 Å². The van der Waals surface area contributed by atoms with Crippen LogP contribution in [0.25, 0.3) is 0 Å². The third kappa shape index (κ3) is 3.61. The van der Waals surface area contributed by atoms with Crippen LogP contribution in [-0.4, -0.2) is 36.3 Å². The van der Waals surface area contributed by atoms with E-state index in [1.807, 2.05) is 33.0 Å². The topological polar surface area (TPSA) is 58.7 Å². The van der Waals surface area contributed by atoms with E-state index in [9.17, 15) is 5.11 Å². The molecule has 0 fully saturated rings. The molecule has 0 amide bonds. The molecule has 1 aromatic carbocycles. The number of ether oxygens (including phenoxy) is 1. The number of hydrogen-bond donors (Lipinski definition) is 2. The number of aliphatic hydroxyl groups is 1. The third-order valence-electron chi connectivity index (χ3n) is 3.06. The number of hydrogen-bond acceptors (Lipinski definition) is 4. The van der Waals surface area contributed by atoms with E-state index >= 15 is 0 Å². The van der Waals surface area contributed by atoms with Crippen LogP contribution in [0.15, 0.2) is 18.2 Å². The molecule has 0 aliphatic carbocycles. The minimum absolute atomic E-state index is 0.114. The highest BCUT2D eigenvalue weighted by atomic mass is 16.5. The first kappa shape index (κ1) is 13.8. The van der Waals surface area contributed by atoms with Crippen molar-refractivity contribution < 1.29 is 9.84 Å². The molecule has 4 heteroatoms. The van der Waals surface area contributed by atoms with Crippen molar-refractivity contribution in [2.75, 3.05) is 26.5 Å². The number of anilines is 1. The summed E-state index contributed by atoms with van der Waals surface area (Å²) >= 11 is 0. The van der Waals surface area contributed by atoms with Crippen LogP contribution >= 0.6 is 0 Å². The van der Waals surface area contributed by atoms with Crippen LogP contribution in [0, 0.1) is 0 Å². The third-order valence-corrected chi connectivity index (χ3v) is 3.06. The molecule has 0 aromatic heterocycles. The van der Waals surface area contributed by atoms with Gasteiger partial charge in [0, 0.05) is 23.8 Å². The number of benzene rings is 1. The van der Waals surface area contributed by atoms with Gasteiger partial charge in [0.25, 0.3) is 0 Å². The predicted octanol–water partition coefficient (Wildman–Crippen LogP) is 1.48. The van der Waals surface area contributed by atoms with Crippen LogP contribution in [0.5, 0.6) is 5.75 Å². The molecule has 1 aromatic rings. The second-order valence-electron chi connectivity index (χ2n) is 4.94. The molecular formula is C13H22N2O2. The van der Waals surface area contributed by atoms with Crippen molar-refractivity contribution in [3.63, 3.8) is 0 Å². The maximum absolute atomic E-state index is 9.31. The fourth-order valence-corrected chi connectivity index (χ4v) is 1.50. The van der Waals surface area contributed by atoms with E-state index in [4.69, 9.17) is 10.5 Å². The van der Waals surface area contributed by atoms with E-state index in [0.29, 0.717) is 5.69 Å². The maximum Gasteiger partial charge on any atom is 0.121 e. The Kier molecular flexibility index (Phi) is 4.37. The van der Waals surface area contributed by atoms with Gasteiger partial charge in [-0.3, -0.25) is 4.90 Å². The first-order valence-corrected chi connectivity index (χ1v) is 5.64. The van der Waals surface area contributed by atoms with E-state index in [1.165, 1.54) is 0 Å². The molecule has 0 aliphatic heterocycles. The van der Waals surface area contributed by atoms with Crippen molar-refractivity contribution in [1.29, 1.82) is 0 Å². The van der Waals surface area contributed by atoms with E-state index in [2.05, 4.69) is 4.90 Å². The summed E-state index contributed by atoms with van der Waals surface area (Å²) in [5, 5.41) is 9.31. The van der Waals surface area contributed by atoms with Gasteiger partial charge in [0.15, 0.2) is 0 Å². The van der Waals surface area contributed by atoms with Crippen LogP contribution in [0.2, 0.25) is 0 Å². The molecule has 96 valence electrons. The van der Waals surface area contributed by atoms with E-state index in [-0.39, 0.29) is 12.1 Å². The molecule has 0 spiro atoms. The number of nitrogens with two attached hydrogens (primary N) is 1. The smallest absolute Gasteiger partial charge is 0.121 e. The Morgan fingerprint density at radius 3 is 2.53 bits per heavy atom. The lowest BCUT2D eigenvalue weighted by Gasteiger charge is -2.34. The zero-order chi connectivity index (χ0) is 13.1. The molecule has 0 bridgehead atoms. The Hall–Kier alpha value is -1.26. The quantitative estimate of drug-likeness (QED) is 0.763. The number of aliphatic hydroxyl groups excluding tert-OH is 1. The first-order valence-electron chi connectivity index (χ1n) is 5.64. The molecule has 0 saturated heterocycles. The van der Waals surface area contributed by atoms with Gasteiger partial charge >= 0.3 is 0 Å². The zero-order valence-electron chi connectivity index (χ0n) is 11.0. The fraction of sp³-hybridized carbons (Fsp3) is 0.538. The number of rotatable bonds is 5. The van der Waals surface area contributed by atoms with E-state index in [0.717, 1.165) is 17.9 Å². The van der Waals surface area contributed by atoms with E-state index in [1.54, 1.807) is 13.2 Å². The van der Waals surface area contributed by atoms with Crippen LogP contribution in [-0.2, 0) is 6.54 Å². The number of methoxy groups -OCH3 is 1. The average molecular weight is 238 g/mol. The van der Waals surface area contributed by atoms with Gasteiger partial charge in [0.05, 0.1) is 13.7 Å². The van der Waals surface area contributed by atoms with Gasteiger partial charge in [-0.25, -0.2) is 0 Å². The molecule has 0 aliphatic rings. The van der Waals surface area contributed by atoms with Crippen LogP contribution < -0.4 is 10.5 Å². The molecule has 3 N–H and O–H groups in total. The molecule has 17 heavy (non-hydrogen) atoms. The first-order chi connectivity index (χ1) is 7.89. The Morgan fingerprint density at radius 1 is 1.35 bits per heavy atom. The molecule has 0 atom stereocenters. The summed E-state index contributed by atoms with van der Waals surface area (Å²) in [6.07, 6.45) is 0. The van der Waals surface area contributed by atoms with Crippen molar-refractivity contribution in [1.82, 2.24) is 4.90 Å². The maximum atomic E-state index is 9.31. The van der Waals surface area contributed by atoms with Crippen molar-refractivity contribution in [2.24, 2.45) is 0 Å². The van der Waals surface area contributed by atoms with Gasteiger partial charge in [-0.2, -0.15) is 0 Å². The minimum Gasteiger partial charge on any atom is -0.497 e. The second kappa shape index (κ2) is 5.38. The Bertz CT molecular complexity index is 378. The highest BCUT2D eigenvalue weighted by molar-refractivity contribution is 5.47. The highest BCUT2D eigenvalue weighted by Gasteiger charge is 2.22. The number of likely N-dealkylation sites (N-methyl/N-ethyl adjacent to an activating group) is 1. The number of nitrogens with zero attached hydrogens (tertiary/aromatic N) is 1. The Morgan fingerprint density at radius 2 is 2.00 bits per heavy atom. The molecule has 0 saturated carbocycles. The summed E-state index contributed by atoms with van der Waals surface area (Å²) in [5.74, 6) is 0.759. The summed E-state index contributed by atoms with van der Waals surface area (Å²) < 4.78 is 5.18. The summed E-state index contributed by atoms with van der Waals surface area (Å²) in [6.45, 7) is 4.82. The standard InChI is InChI=1S/C13H22N2O2/c1-13(2,9-16)15(3)8-10-5-11(14)7-12(6-10)17-4/h5-7,16H,8-9,14H2,1-4H3. The summed E-state index contributed by atoms with van der Waals surface area (Å²) in [7, 11) is 3.60. The lowest BCUT2D eigenvalue weighted by molar-refractivity contribution is 0.0733. The van der Waals surface area contributed by atoms with Crippen LogP contribution in [0.1, 0.15) is 19.4 Å². The molecular weight excluding hydrogens is 216 g/mol. The van der Waals surface area contributed by atoms with Gasteiger partial charge < -0.3 is 15.6 Å². The summed E-state index contributed by atoms with van der Waals surface area (Å²) in [4.78, 5) is 2.08. The van der Waals surface area contributed by atoms with Gasteiger partial charge in [-0.1, -0.05) is 0 Å². The largest absolute Gasteiger partial charge is 0.497 e. The van der Waals surface area contributed by atoms with Gasteiger partial charge in [0.1, 0.15) is 5.75 Å². The predicted molar refractivity (Wildman–Crippen MR) is 70.0 cm³/mol. The summed E-state index contributed by atoms with van der Waals surface area (Å²) in [5.41, 5.74) is 7.32. The molecule has 0 unspecified atom stereocenters. The average Bonchev–Trinajstić information content (AvgIpc) is 2.28. The zero-order valence-corrected chi connectivity index (χ0v) is 11.0. The molecule has 1 rings (SSSR count). The van der Waals surface area contributed by atoms with Gasteiger partial charge in [-0.15, -0.1) is 0 Å². The van der Waals surface area contributed by atoms with Gasteiger partial charge in [-0.05, 0) is 38.6 Å². The SMILES string of the molecule is COc1cc(N)cc(CN(C)C(C)(C)CO)c1. The van der Waals surface area contributed by atoms with Crippen molar-refractivity contribution >= 4 is 5.69 Å². The lowest BCUT2D eigenvalue weighted by Crippen LogP contribution is -2.43. The highest BCUT2D eigenvalue weighted by Crippen LogP contribution is 2.21. The second-order valence-corrected chi connectivity index (χ2v) is 4.94. The fourth-order valence-electron chi connectivity index (χ4n) is 1.50. The van der Waals surface area contributed by atoms with Crippen LogP contribution in [0.4, 0.5) is 5.69 Å².